The van der Waals surface area contributed by atoms with Crippen LogP contribution in [0.5, 0.6) is 0 Å². The van der Waals surface area contributed by atoms with Gasteiger partial charge in [-0.05, 0) is 44.4 Å². The van der Waals surface area contributed by atoms with E-state index in [-0.39, 0.29) is 35.4 Å². The third kappa shape index (κ3) is 7.94. The number of aliphatic hydroxyl groups is 1. The molecule has 2 aromatic rings. The molecule has 0 spiro atoms. The summed E-state index contributed by atoms with van der Waals surface area (Å²) in [6, 6.07) is 0. The van der Waals surface area contributed by atoms with Crippen LogP contribution in [0, 0.1) is 11.8 Å². The zero-order chi connectivity index (χ0) is 31.9. The Balaban J connectivity index is 1.02. The fourth-order valence-corrected chi connectivity index (χ4v) is 6.72. The molecule has 2 aliphatic heterocycles. The Kier molecular flexibility index (Phi) is 11.3. The molecule has 5 rings (SSSR count). The van der Waals surface area contributed by atoms with Crippen molar-refractivity contribution in [3.05, 3.63) is 24.8 Å². The van der Waals surface area contributed by atoms with Gasteiger partial charge in [-0.25, -0.2) is 15.0 Å². The summed E-state index contributed by atoms with van der Waals surface area (Å²) in [5.74, 6) is -0.116. The Hall–Kier alpha value is -3.27. The lowest BCUT2D eigenvalue weighted by Crippen LogP contribution is -2.38. The van der Waals surface area contributed by atoms with Gasteiger partial charge in [0, 0.05) is 37.8 Å². The van der Waals surface area contributed by atoms with E-state index < -0.39 is 39.4 Å². The van der Waals surface area contributed by atoms with Crippen LogP contribution in [0.25, 0.3) is 11.2 Å². The number of imidazole rings is 1. The number of aromatic nitrogens is 4. The van der Waals surface area contributed by atoms with Crippen LogP contribution in [0.4, 0.5) is 5.82 Å². The van der Waals surface area contributed by atoms with Crippen LogP contribution in [-0.4, -0.2) is 96.8 Å². The molecule has 3 unspecified atom stereocenters. The number of fused-ring (bicyclic) bond motifs is 1. The van der Waals surface area contributed by atoms with Crippen molar-refractivity contribution in [2.75, 3.05) is 32.0 Å². The SMILES string of the molecule is Nc1ncnc2c1ncn2[C@@H]1O[C@H](CO)C(O[PH](=O)O)C1OCCCCCCNC(=O)C1CCC(CN2C(=O)C=CC2=O)CC1. The lowest BCUT2D eigenvalue weighted by Gasteiger charge is -2.30. The van der Waals surface area contributed by atoms with E-state index in [1.165, 1.54) is 29.7 Å². The third-order valence-corrected chi connectivity index (χ3v) is 9.08. The van der Waals surface area contributed by atoms with Gasteiger partial charge in [-0.1, -0.05) is 12.8 Å². The highest BCUT2D eigenvalue weighted by molar-refractivity contribution is 7.32. The van der Waals surface area contributed by atoms with Gasteiger partial charge in [0.15, 0.2) is 17.7 Å². The number of unbranched alkanes of at least 4 members (excludes halogenated alkanes) is 3. The Morgan fingerprint density at radius 3 is 2.51 bits per heavy atom. The van der Waals surface area contributed by atoms with E-state index in [4.69, 9.17) is 19.7 Å². The largest absolute Gasteiger partial charge is 0.394 e. The third-order valence-electron chi connectivity index (χ3n) is 8.60. The van der Waals surface area contributed by atoms with Crippen LogP contribution in [0.1, 0.15) is 57.6 Å². The molecule has 0 radical (unpaired) electrons. The number of nitrogens with zero attached hydrogens (tertiary/aromatic N) is 5. The van der Waals surface area contributed by atoms with Gasteiger partial charge in [0.05, 0.1) is 12.9 Å². The summed E-state index contributed by atoms with van der Waals surface area (Å²) < 4.78 is 30.5. The summed E-state index contributed by atoms with van der Waals surface area (Å²) in [5, 5.41) is 12.9. The lowest BCUT2D eigenvalue weighted by molar-refractivity contribution is -0.138. The van der Waals surface area contributed by atoms with Gasteiger partial charge in [-0.3, -0.25) is 28.4 Å². The number of nitrogen functional groups attached to an aromatic ring is 1. The molecule has 4 heterocycles. The van der Waals surface area contributed by atoms with Gasteiger partial charge in [-0.15, -0.1) is 0 Å². The number of hydrogen-bond acceptors (Lipinski definition) is 12. The van der Waals surface area contributed by atoms with Crippen molar-refractivity contribution in [2.24, 2.45) is 11.8 Å². The molecular weight excluding hydrogens is 609 g/mol. The number of nitrogens with one attached hydrogen (secondary N) is 1. The number of rotatable bonds is 15. The number of imide groups is 1. The Morgan fingerprint density at radius 1 is 1.07 bits per heavy atom. The molecule has 2 fully saturated rings. The molecule has 16 nitrogen and oxygen atoms in total. The van der Waals surface area contributed by atoms with Gasteiger partial charge in [0.25, 0.3) is 11.8 Å². The standard InChI is InChI=1S/C28H40N7O9P/c29-25-22-26(32-15-31-25)35(16-33-22)28-24(23(44-45(40)41)19(14-36)43-28)42-12-4-2-1-3-11-30-27(39)18-7-5-17(6-8-18)13-34-20(37)9-10-21(34)38/h9-10,15-19,23-24,28,36,45H,1-8,11-14H2,(H,30,39)(H,40,41)(H2,29,31,32)/t17?,18?,19-,23?,24?,28-/m1/s1. The van der Waals surface area contributed by atoms with Crippen molar-refractivity contribution in [1.29, 1.82) is 0 Å². The maximum Gasteiger partial charge on any atom is 0.317 e. The molecule has 3 aliphatic rings. The van der Waals surface area contributed by atoms with Crippen molar-refractivity contribution >= 4 is 43.0 Å². The molecule has 17 heteroatoms. The van der Waals surface area contributed by atoms with Crippen LogP contribution in [0.3, 0.4) is 0 Å². The first-order valence-electron chi connectivity index (χ1n) is 15.3. The summed E-state index contributed by atoms with van der Waals surface area (Å²) >= 11 is 0. The van der Waals surface area contributed by atoms with Gasteiger partial charge in [-0.2, -0.15) is 0 Å². The smallest absolute Gasteiger partial charge is 0.317 e. The zero-order valence-corrected chi connectivity index (χ0v) is 25.8. The topological polar surface area (TPSA) is 221 Å². The normalized spacial score (nSPS) is 27.5. The van der Waals surface area contributed by atoms with Crippen molar-refractivity contribution in [2.45, 2.75) is 75.9 Å². The van der Waals surface area contributed by atoms with Crippen molar-refractivity contribution in [1.82, 2.24) is 29.7 Å². The minimum atomic E-state index is -3.36. The second kappa shape index (κ2) is 15.3. The van der Waals surface area contributed by atoms with Crippen LogP contribution in [0.15, 0.2) is 24.8 Å². The second-order valence-electron chi connectivity index (χ2n) is 11.6. The van der Waals surface area contributed by atoms with E-state index >= 15 is 0 Å². The molecule has 1 aliphatic carbocycles. The highest BCUT2D eigenvalue weighted by Gasteiger charge is 2.48. The van der Waals surface area contributed by atoms with Crippen molar-refractivity contribution < 1.29 is 42.9 Å². The van der Waals surface area contributed by atoms with Crippen molar-refractivity contribution in [3.63, 3.8) is 0 Å². The molecule has 5 atom stereocenters. The molecule has 45 heavy (non-hydrogen) atoms. The summed E-state index contributed by atoms with van der Waals surface area (Å²) in [6.45, 7) is 0.835. The van der Waals surface area contributed by atoms with Crippen LogP contribution < -0.4 is 11.1 Å². The van der Waals surface area contributed by atoms with E-state index in [0.717, 1.165) is 44.9 Å². The average Bonchev–Trinajstić information content (AvgIpc) is 3.70. The minimum absolute atomic E-state index is 0.0470. The fourth-order valence-electron chi connectivity index (χ4n) is 6.20. The first kappa shape index (κ1) is 33.1. The number of carbonyl (C=O) groups is 3. The minimum Gasteiger partial charge on any atom is -0.394 e. The predicted octanol–water partition coefficient (Wildman–Crippen LogP) is 0.859. The van der Waals surface area contributed by atoms with E-state index in [1.807, 2.05) is 0 Å². The quantitative estimate of drug-likeness (QED) is 0.120. The van der Waals surface area contributed by atoms with Crippen LogP contribution in [-0.2, 0) is 32.9 Å². The Labute approximate surface area is 260 Å². The maximum atomic E-state index is 12.7. The number of nitrogens with two attached hydrogens (primary N) is 1. The fraction of sp³-hybridized carbons (Fsp3) is 0.643. The number of carbonyl (C=O) groups excluding carboxylic acids is 3. The van der Waals surface area contributed by atoms with E-state index in [2.05, 4.69) is 20.3 Å². The first-order chi connectivity index (χ1) is 21.8. The van der Waals surface area contributed by atoms with Crippen LogP contribution >= 0.6 is 8.25 Å². The van der Waals surface area contributed by atoms with E-state index in [1.54, 1.807) is 4.57 Å². The molecular formula is C28H40N7O9P. The number of hydrogen-bond donors (Lipinski definition) is 4. The van der Waals surface area contributed by atoms with Gasteiger partial charge in [0.2, 0.25) is 5.91 Å². The van der Waals surface area contributed by atoms with E-state index in [0.29, 0.717) is 37.3 Å². The van der Waals surface area contributed by atoms with Gasteiger partial charge in [0.1, 0.15) is 30.2 Å². The molecule has 246 valence electrons. The number of aliphatic hydroxyl groups excluding tert-OH is 1. The zero-order valence-electron chi connectivity index (χ0n) is 24.8. The summed E-state index contributed by atoms with van der Waals surface area (Å²) in [5.41, 5.74) is 6.66. The Bertz CT molecular complexity index is 1400. The van der Waals surface area contributed by atoms with Crippen LogP contribution in [0.2, 0.25) is 0 Å². The first-order valence-corrected chi connectivity index (χ1v) is 16.5. The molecule has 0 aromatic carbocycles. The molecule has 1 saturated heterocycles. The molecule has 2 aromatic heterocycles. The highest BCUT2D eigenvalue weighted by atomic mass is 31.1. The number of anilines is 1. The average molecular weight is 650 g/mol. The molecule has 1 saturated carbocycles. The summed E-state index contributed by atoms with van der Waals surface area (Å²) in [7, 11) is -3.36. The van der Waals surface area contributed by atoms with Gasteiger partial charge >= 0.3 is 8.25 Å². The molecule has 5 N–H and O–H groups in total. The highest BCUT2D eigenvalue weighted by Crippen LogP contribution is 2.39. The maximum absolute atomic E-state index is 12.7. The number of amides is 3. The Morgan fingerprint density at radius 2 is 1.80 bits per heavy atom. The molecule has 3 amide bonds. The second-order valence-corrected chi connectivity index (χ2v) is 12.3. The summed E-state index contributed by atoms with van der Waals surface area (Å²) in [4.78, 5) is 59.4. The monoisotopic (exact) mass is 649 g/mol. The lowest BCUT2D eigenvalue weighted by atomic mass is 9.81. The number of ether oxygens (including phenoxy) is 2. The molecule has 0 bridgehead atoms. The van der Waals surface area contributed by atoms with Crippen molar-refractivity contribution in [3.8, 4) is 0 Å². The summed E-state index contributed by atoms with van der Waals surface area (Å²) in [6.07, 6.45) is 8.03. The van der Waals surface area contributed by atoms with E-state index in [9.17, 15) is 28.9 Å². The van der Waals surface area contributed by atoms with Gasteiger partial charge < -0.3 is 35.0 Å². The predicted molar refractivity (Wildman–Crippen MR) is 159 cm³/mol.